The second-order valence-corrected chi connectivity index (χ2v) is 5.13. The average molecular weight is 319 g/mol. The first-order chi connectivity index (χ1) is 7.70. The van der Waals surface area contributed by atoms with Crippen molar-refractivity contribution in [2.45, 2.75) is 6.92 Å². The van der Waals surface area contributed by atoms with Crippen LogP contribution in [0, 0.1) is 0 Å². The van der Waals surface area contributed by atoms with Crippen LogP contribution in [0.4, 0.5) is 0 Å². The average Bonchev–Trinajstić information content (AvgIpc) is 2.68. The lowest BCUT2D eigenvalue weighted by atomic mass is 10.2. The van der Waals surface area contributed by atoms with Crippen molar-refractivity contribution in [2.75, 3.05) is 6.61 Å². The van der Waals surface area contributed by atoms with Crippen LogP contribution in [0.3, 0.4) is 0 Å². The lowest BCUT2D eigenvalue weighted by Crippen LogP contribution is -1.92. The Bertz CT molecular complexity index is 500. The van der Waals surface area contributed by atoms with Crippen LogP contribution in [-0.4, -0.2) is 11.6 Å². The van der Waals surface area contributed by atoms with Crippen LogP contribution in [0.15, 0.2) is 28.2 Å². The molecule has 2 nitrogen and oxygen atoms in total. The standard InChI is InChI=1S/C11H9BrClNOS/c1-2-15-9-4-3-7(5-8(9)13)11-14-10(12)6-16-11/h3-6H,2H2,1H3. The highest BCUT2D eigenvalue weighted by molar-refractivity contribution is 9.10. The molecule has 0 N–H and O–H groups in total. The minimum atomic E-state index is 0.613. The van der Waals surface area contributed by atoms with Gasteiger partial charge in [-0.25, -0.2) is 4.98 Å². The summed E-state index contributed by atoms with van der Waals surface area (Å²) < 4.78 is 6.22. The highest BCUT2D eigenvalue weighted by Gasteiger charge is 2.07. The van der Waals surface area contributed by atoms with E-state index in [0.29, 0.717) is 17.4 Å². The van der Waals surface area contributed by atoms with Gasteiger partial charge in [-0.15, -0.1) is 11.3 Å². The quantitative estimate of drug-likeness (QED) is 0.823. The number of benzene rings is 1. The maximum Gasteiger partial charge on any atom is 0.137 e. The van der Waals surface area contributed by atoms with Gasteiger partial charge < -0.3 is 4.74 Å². The summed E-state index contributed by atoms with van der Waals surface area (Å²) in [7, 11) is 0. The van der Waals surface area contributed by atoms with Crippen LogP contribution in [0.2, 0.25) is 5.02 Å². The molecule has 2 aromatic rings. The van der Waals surface area contributed by atoms with Gasteiger partial charge in [-0.3, -0.25) is 0 Å². The number of nitrogens with zero attached hydrogens (tertiary/aromatic N) is 1. The molecule has 1 heterocycles. The van der Waals surface area contributed by atoms with Gasteiger partial charge in [0.15, 0.2) is 0 Å². The maximum atomic E-state index is 6.10. The zero-order valence-corrected chi connectivity index (χ0v) is 11.7. The minimum Gasteiger partial charge on any atom is -0.492 e. The Hall–Kier alpha value is -0.580. The van der Waals surface area contributed by atoms with Gasteiger partial charge in [-0.1, -0.05) is 11.6 Å². The van der Waals surface area contributed by atoms with Crippen molar-refractivity contribution in [2.24, 2.45) is 0 Å². The summed E-state index contributed by atoms with van der Waals surface area (Å²) in [6, 6.07) is 5.70. The van der Waals surface area contributed by atoms with Gasteiger partial charge in [-0.2, -0.15) is 0 Å². The molecule has 0 radical (unpaired) electrons. The fraction of sp³-hybridized carbons (Fsp3) is 0.182. The van der Waals surface area contributed by atoms with Crippen LogP contribution in [-0.2, 0) is 0 Å². The molecule has 1 aromatic carbocycles. The fourth-order valence-electron chi connectivity index (χ4n) is 1.29. The van der Waals surface area contributed by atoms with Gasteiger partial charge >= 0.3 is 0 Å². The first-order valence-corrected chi connectivity index (χ1v) is 6.79. The predicted octanol–water partition coefficient (Wildman–Crippen LogP) is 4.62. The van der Waals surface area contributed by atoms with Crippen molar-refractivity contribution in [1.82, 2.24) is 4.98 Å². The van der Waals surface area contributed by atoms with E-state index in [4.69, 9.17) is 16.3 Å². The smallest absolute Gasteiger partial charge is 0.137 e. The van der Waals surface area contributed by atoms with Gasteiger partial charge in [0.25, 0.3) is 0 Å². The van der Waals surface area contributed by atoms with Crippen LogP contribution >= 0.6 is 38.9 Å². The molecule has 5 heteroatoms. The second-order valence-electron chi connectivity index (χ2n) is 3.05. The van der Waals surface area contributed by atoms with Gasteiger partial charge in [0.1, 0.15) is 15.4 Å². The Morgan fingerprint density at radius 1 is 1.50 bits per heavy atom. The van der Waals surface area contributed by atoms with E-state index < -0.39 is 0 Å². The molecule has 0 spiro atoms. The number of hydrogen-bond donors (Lipinski definition) is 0. The summed E-state index contributed by atoms with van der Waals surface area (Å²) in [5, 5.41) is 3.50. The van der Waals surface area contributed by atoms with E-state index in [2.05, 4.69) is 20.9 Å². The summed E-state index contributed by atoms with van der Waals surface area (Å²) in [4.78, 5) is 4.33. The molecule has 0 aliphatic rings. The van der Waals surface area contributed by atoms with Crippen molar-refractivity contribution in [3.8, 4) is 16.3 Å². The number of aromatic nitrogens is 1. The zero-order valence-electron chi connectivity index (χ0n) is 8.54. The molecule has 0 fully saturated rings. The van der Waals surface area contributed by atoms with E-state index in [1.807, 2.05) is 30.5 Å². The number of thiazole rings is 1. The largest absolute Gasteiger partial charge is 0.492 e. The molecule has 16 heavy (non-hydrogen) atoms. The molecule has 2 rings (SSSR count). The number of rotatable bonds is 3. The van der Waals surface area contributed by atoms with E-state index in [1.165, 1.54) is 0 Å². The van der Waals surface area contributed by atoms with Gasteiger partial charge in [0.05, 0.1) is 11.6 Å². The van der Waals surface area contributed by atoms with Crippen molar-refractivity contribution in [3.63, 3.8) is 0 Å². The molecule has 0 atom stereocenters. The Balaban J connectivity index is 2.34. The first kappa shape index (κ1) is 11.9. The van der Waals surface area contributed by atoms with Gasteiger partial charge in [-0.05, 0) is 41.1 Å². The molecule has 0 aliphatic heterocycles. The predicted molar refractivity (Wildman–Crippen MR) is 71.4 cm³/mol. The number of hydrogen-bond acceptors (Lipinski definition) is 3. The second kappa shape index (κ2) is 5.17. The third kappa shape index (κ3) is 2.56. The molecule has 0 bridgehead atoms. The molecular formula is C11H9BrClNOS. The summed E-state index contributed by atoms with van der Waals surface area (Å²) in [6.07, 6.45) is 0. The number of halogens is 2. The van der Waals surface area contributed by atoms with E-state index in [9.17, 15) is 0 Å². The van der Waals surface area contributed by atoms with Crippen molar-refractivity contribution in [1.29, 1.82) is 0 Å². The molecule has 0 amide bonds. The Kier molecular flexibility index (Phi) is 3.84. The lowest BCUT2D eigenvalue weighted by molar-refractivity contribution is 0.340. The first-order valence-electron chi connectivity index (χ1n) is 4.74. The summed E-state index contributed by atoms with van der Waals surface area (Å²) in [5.74, 6) is 0.712. The highest BCUT2D eigenvalue weighted by Crippen LogP contribution is 2.32. The van der Waals surface area contributed by atoms with Crippen molar-refractivity contribution in [3.05, 3.63) is 33.2 Å². The highest BCUT2D eigenvalue weighted by atomic mass is 79.9. The molecule has 0 unspecified atom stereocenters. The monoisotopic (exact) mass is 317 g/mol. The molecule has 0 saturated heterocycles. The maximum absolute atomic E-state index is 6.10. The van der Waals surface area contributed by atoms with E-state index >= 15 is 0 Å². The molecule has 0 saturated carbocycles. The topological polar surface area (TPSA) is 22.1 Å². The third-order valence-corrected chi connectivity index (χ3v) is 3.85. The van der Waals surface area contributed by atoms with E-state index in [0.717, 1.165) is 15.2 Å². The van der Waals surface area contributed by atoms with Crippen LogP contribution in [0.25, 0.3) is 10.6 Å². The number of ether oxygens (including phenoxy) is 1. The summed E-state index contributed by atoms with van der Waals surface area (Å²) in [6.45, 7) is 2.55. The summed E-state index contributed by atoms with van der Waals surface area (Å²) >= 11 is 11.0. The Morgan fingerprint density at radius 2 is 2.31 bits per heavy atom. The third-order valence-electron chi connectivity index (χ3n) is 1.95. The Morgan fingerprint density at radius 3 is 2.88 bits per heavy atom. The normalized spacial score (nSPS) is 10.4. The Labute approximate surface area is 111 Å². The fourth-order valence-corrected chi connectivity index (χ4v) is 2.78. The van der Waals surface area contributed by atoms with E-state index in [-0.39, 0.29) is 0 Å². The zero-order chi connectivity index (χ0) is 11.5. The van der Waals surface area contributed by atoms with Crippen LogP contribution in [0.5, 0.6) is 5.75 Å². The molecule has 1 aromatic heterocycles. The lowest BCUT2D eigenvalue weighted by Gasteiger charge is -2.06. The van der Waals surface area contributed by atoms with Crippen molar-refractivity contribution >= 4 is 38.9 Å². The van der Waals surface area contributed by atoms with Gasteiger partial charge in [0, 0.05) is 10.9 Å². The molecule has 84 valence electrons. The van der Waals surface area contributed by atoms with E-state index in [1.54, 1.807) is 11.3 Å². The molecular weight excluding hydrogens is 310 g/mol. The van der Waals surface area contributed by atoms with Crippen LogP contribution < -0.4 is 4.74 Å². The van der Waals surface area contributed by atoms with Crippen LogP contribution in [0.1, 0.15) is 6.92 Å². The summed E-state index contributed by atoms with van der Waals surface area (Å²) in [5.41, 5.74) is 1.00. The minimum absolute atomic E-state index is 0.613. The van der Waals surface area contributed by atoms with Gasteiger partial charge in [0.2, 0.25) is 0 Å². The van der Waals surface area contributed by atoms with Crippen molar-refractivity contribution < 1.29 is 4.74 Å². The molecule has 0 aliphatic carbocycles. The SMILES string of the molecule is CCOc1ccc(-c2nc(Br)cs2)cc1Cl.